The molecule has 1 aromatic rings. The van der Waals surface area contributed by atoms with Gasteiger partial charge in [0.1, 0.15) is 5.56 Å². The average Bonchev–Trinajstić information content (AvgIpc) is 2.60. The van der Waals surface area contributed by atoms with Crippen molar-refractivity contribution in [2.45, 2.75) is 47.2 Å². The number of carbonyl (C=O) groups is 1. The van der Waals surface area contributed by atoms with Gasteiger partial charge in [-0.1, -0.05) is 26.7 Å². The van der Waals surface area contributed by atoms with Crippen LogP contribution in [0.25, 0.3) is 0 Å². The maximum atomic E-state index is 12.5. The maximum Gasteiger partial charge on any atom is 0.279 e. The molecule has 0 bridgehead atoms. The zero-order valence-electron chi connectivity index (χ0n) is 12.7. The number of amides is 1. The van der Waals surface area contributed by atoms with Crippen LogP contribution in [-0.2, 0) is 13.1 Å². The Balaban J connectivity index is 3.29. The molecule has 5 nitrogen and oxygen atoms in total. The molecule has 0 fully saturated rings. The molecular formula is C15H23N3O2. The highest BCUT2D eigenvalue weighted by Gasteiger charge is 2.22. The van der Waals surface area contributed by atoms with E-state index in [4.69, 9.17) is 6.42 Å². The van der Waals surface area contributed by atoms with Crippen LogP contribution < -0.4 is 10.9 Å². The number of rotatable bonds is 6. The Morgan fingerprint density at radius 2 is 2.05 bits per heavy atom. The molecule has 0 aromatic carbocycles. The van der Waals surface area contributed by atoms with E-state index in [0.29, 0.717) is 18.2 Å². The first-order chi connectivity index (χ1) is 9.43. The second kappa shape index (κ2) is 6.99. The molecular weight excluding hydrogens is 254 g/mol. The molecule has 0 radical (unpaired) electrons. The number of hydrogen-bond acceptors (Lipinski definition) is 2. The lowest BCUT2D eigenvalue weighted by Gasteiger charge is -2.14. The highest BCUT2D eigenvalue weighted by atomic mass is 16.2. The van der Waals surface area contributed by atoms with Gasteiger partial charge in [-0.05, 0) is 19.3 Å². The Hall–Kier alpha value is -1.96. The largest absolute Gasteiger partial charge is 0.341 e. The first kappa shape index (κ1) is 16.1. The van der Waals surface area contributed by atoms with Gasteiger partial charge >= 0.3 is 0 Å². The number of nitrogens with one attached hydrogen (secondary N) is 1. The molecule has 0 aliphatic carbocycles. The van der Waals surface area contributed by atoms with Crippen molar-refractivity contribution in [3.8, 4) is 12.3 Å². The van der Waals surface area contributed by atoms with Crippen molar-refractivity contribution in [2.75, 3.05) is 6.54 Å². The van der Waals surface area contributed by atoms with Crippen LogP contribution in [0.4, 0.5) is 0 Å². The minimum atomic E-state index is -0.391. The molecule has 1 aromatic heterocycles. The van der Waals surface area contributed by atoms with Crippen molar-refractivity contribution < 1.29 is 4.79 Å². The van der Waals surface area contributed by atoms with Crippen LogP contribution in [0.15, 0.2) is 4.79 Å². The molecule has 1 rings (SSSR count). The van der Waals surface area contributed by atoms with Crippen molar-refractivity contribution in [3.63, 3.8) is 0 Å². The second-order valence-corrected chi connectivity index (χ2v) is 5.25. The summed E-state index contributed by atoms with van der Waals surface area (Å²) < 4.78 is 3.56. The third-order valence-corrected chi connectivity index (χ3v) is 3.04. The molecule has 1 amide bonds. The minimum Gasteiger partial charge on any atom is -0.341 e. The highest BCUT2D eigenvalue weighted by Crippen LogP contribution is 2.08. The van der Waals surface area contributed by atoms with Gasteiger partial charge in [-0.25, -0.2) is 4.68 Å². The summed E-state index contributed by atoms with van der Waals surface area (Å²) in [5.74, 6) is 2.28. The molecule has 0 atom stereocenters. The number of carbonyl (C=O) groups excluding carboxylic acids is 1. The van der Waals surface area contributed by atoms with Gasteiger partial charge in [0, 0.05) is 13.1 Å². The van der Waals surface area contributed by atoms with Crippen molar-refractivity contribution in [3.05, 3.63) is 21.6 Å². The Morgan fingerprint density at radius 1 is 1.40 bits per heavy atom. The zero-order valence-corrected chi connectivity index (χ0v) is 12.7. The summed E-state index contributed by atoms with van der Waals surface area (Å²) in [5, 5.41) is 2.56. The molecule has 0 aliphatic heterocycles. The maximum absolute atomic E-state index is 12.5. The predicted molar refractivity (Wildman–Crippen MR) is 79.7 cm³/mol. The van der Waals surface area contributed by atoms with Crippen LogP contribution in [0.2, 0.25) is 0 Å². The Morgan fingerprint density at radius 3 is 2.55 bits per heavy atom. The number of nitrogens with zero attached hydrogens (tertiary/aromatic N) is 2. The first-order valence-corrected chi connectivity index (χ1v) is 6.95. The van der Waals surface area contributed by atoms with Gasteiger partial charge in [0.05, 0.1) is 12.2 Å². The number of hydrogen-bond donors (Lipinski definition) is 1. The molecule has 5 heteroatoms. The quantitative estimate of drug-likeness (QED) is 0.799. The second-order valence-electron chi connectivity index (χ2n) is 5.25. The first-order valence-electron chi connectivity index (χ1n) is 6.95. The highest BCUT2D eigenvalue weighted by molar-refractivity contribution is 5.95. The number of aromatic nitrogens is 2. The van der Waals surface area contributed by atoms with E-state index in [-0.39, 0.29) is 17.7 Å². The van der Waals surface area contributed by atoms with Gasteiger partial charge in [-0.15, -0.1) is 6.42 Å². The van der Waals surface area contributed by atoms with E-state index in [1.54, 1.807) is 11.6 Å². The molecule has 1 N–H and O–H groups in total. The van der Waals surface area contributed by atoms with Crippen LogP contribution in [0.3, 0.4) is 0 Å². The zero-order chi connectivity index (χ0) is 15.3. The number of terminal acetylenes is 1. The molecule has 0 saturated carbocycles. The van der Waals surface area contributed by atoms with Crippen molar-refractivity contribution in [2.24, 2.45) is 5.92 Å². The Kier molecular flexibility index (Phi) is 5.63. The fourth-order valence-electron chi connectivity index (χ4n) is 2.21. The van der Waals surface area contributed by atoms with E-state index in [9.17, 15) is 9.59 Å². The molecule has 110 valence electrons. The molecule has 0 saturated heterocycles. The van der Waals surface area contributed by atoms with Crippen molar-refractivity contribution in [1.29, 1.82) is 0 Å². The molecule has 0 unspecified atom stereocenters. The molecule has 1 heterocycles. The van der Waals surface area contributed by atoms with E-state index in [1.165, 1.54) is 0 Å². The van der Waals surface area contributed by atoms with E-state index in [0.717, 1.165) is 13.0 Å². The summed E-state index contributed by atoms with van der Waals surface area (Å²) in [6.45, 7) is 9.38. The normalized spacial score (nSPS) is 10.6. The summed E-state index contributed by atoms with van der Waals surface area (Å²) in [6, 6.07) is 0. The standard InChI is InChI=1S/C15H23N3O2/c1-6-8-16-14(19)13-12(5)17(9-7-2)18(15(13)20)10-11(3)4/h1,11H,7-10H2,2-5H3,(H,16,19). The van der Waals surface area contributed by atoms with Gasteiger partial charge in [0.2, 0.25) is 0 Å². The smallest absolute Gasteiger partial charge is 0.279 e. The van der Waals surface area contributed by atoms with E-state index in [2.05, 4.69) is 11.2 Å². The Labute approximate surface area is 120 Å². The third kappa shape index (κ3) is 3.32. The fraction of sp³-hybridized carbons (Fsp3) is 0.600. The Bertz CT molecular complexity index is 573. The lowest BCUT2D eigenvalue weighted by Crippen LogP contribution is -2.31. The predicted octanol–water partition coefficient (Wildman–Crippen LogP) is 1.39. The molecule has 0 aliphatic rings. The molecule has 0 spiro atoms. The summed E-state index contributed by atoms with van der Waals surface area (Å²) in [5.41, 5.74) is 0.667. The van der Waals surface area contributed by atoms with Crippen LogP contribution in [0.5, 0.6) is 0 Å². The van der Waals surface area contributed by atoms with Gasteiger partial charge < -0.3 is 5.32 Å². The van der Waals surface area contributed by atoms with Crippen LogP contribution in [0.1, 0.15) is 43.2 Å². The van der Waals surface area contributed by atoms with Crippen LogP contribution >= 0.6 is 0 Å². The minimum absolute atomic E-state index is 0.126. The van der Waals surface area contributed by atoms with Crippen LogP contribution in [0, 0.1) is 25.2 Å². The summed E-state index contributed by atoms with van der Waals surface area (Å²) in [4.78, 5) is 24.5. The average molecular weight is 277 g/mol. The summed E-state index contributed by atoms with van der Waals surface area (Å²) >= 11 is 0. The monoisotopic (exact) mass is 277 g/mol. The lowest BCUT2D eigenvalue weighted by atomic mass is 10.2. The van der Waals surface area contributed by atoms with Crippen LogP contribution in [-0.4, -0.2) is 21.8 Å². The van der Waals surface area contributed by atoms with E-state index in [1.807, 2.05) is 25.5 Å². The topological polar surface area (TPSA) is 56.0 Å². The van der Waals surface area contributed by atoms with Gasteiger partial charge in [-0.3, -0.25) is 14.3 Å². The van der Waals surface area contributed by atoms with Crippen molar-refractivity contribution >= 4 is 5.91 Å². The fourth-order valence-corrected chi connectivity index (χ4v) is 2.21. The van der Waals surface area contributed by atoms with E-state index < -0.39 is 5.91 Å². The third-order valence-electron chi connectivity index (χ3n) is 3.04. The summed E-state index contributed by atoms with van der Waals surface area (Å²) in [6.07, 6.45) is 6.03. The van der Waals surface area contributed by atoms with Crippen molar-refractivity contribution in [1.82, 2.24) is 14.7 Å². The molecule has 20 heavy (non-hydrogen) atoms. The lowest BCUT2D eigenvalue weighted by molar-refractivity contribution is 0.0956. The van der Waals surface area contributed by atoms with Gasteiger partial charge in [0.15, 0.2) is 0 Å². The van der Waals surface area contributed by atoms with E-state index >= 15 is 0 Å². The van der Waals surface area contributed by atoms with Gasteiger partial charge in [-0.2, -0.15) is 0 Å². The summed E-state index contributed by atoms with van der Waals surface area (Å²) in [7, 11) is 0. The van der Waals surface area contributed by atoms with Gasteiger partial charge in [0.25, 0.3) is 11.5 Å². The SMILES string of the molecule is C#CCNC(=O)c1c(C)n(CCC)n(CC(C)C)c1=O.